The number of halogens is 3. The predicted molar refractivity (Wildman–Crippen MR) is 88.1 cm³/mol. The van der Waals surface area contributed by atoms with Crippen molar-refractivity contribution >= 4 is 6.03 Å². The smallest absolute Gasteiger partial charge is 0.422 e. The van der Waals surface area contributed by atoms with Crippen LogP contribution in [0.2, 0.25) is 0 Å². The van der Waals surface area contributed by atoms with Gasteiger partial charge in [0.1, 0.15) is 6.26 Å². The van der Waals surface area contributed by atoms with Crippen LogP contribution in [-0.4, -0.2) is 46.9 Å². The summed E-state index contributed by atoms with van der Waals surface area (Å²) in [6.45, 7) is -0.0392. The highest BCUT2D eigenvalue weighted by Gasteiger charge is 2.28. The quantitative estimate of drug-likeness (QED) is 0.857. The summed E-state index contributed by atoms with van der Waals surface area (Å²) in [4.78, 5) is 17.7. The normalized spacial score (nSPS) is 15.6. The number of hydrogen-bond acceptors (Lipinski definition) is 5. The van der Waals surface area contributed by atoms with Crippen LogP contribution in [0.25, 0.3) is 0 Å². The highest BCUT2D eigenvalue weighted by molar-refractivity contribution is 5.74. The number of alkyl halides is 3. The summed E-state index contributed by atoms with van der Waals surface area (Å²) in [5.74, 6) is 0.147. The summed E-state index contributed by atoms with van der Waals surface area (Å²) in [5, 5.41) is 6.71. The van der Waals surface area contributed by atoms with E-state index >= 15 is 0 Å². The summed E-state index contributed by atoms with van der Waals surface area (Å²) in [5.41, 5.74) is 1.51. The lowest BCUT2D eigenvalue weighted by Crippen LogP contribution is -2.43. The molecule has 1 aliphatic heterocycles. The molecule has 2 aromatic rings. The number of ether oxygens (including phenoxy) is 1. The number of urea groups is 1. The van der Waals surface area contributed by atoms with E-state index in [1.165, 1.54) is 18.5 Å². The molecule has 0 atom stereocenters. The zero-order valence-electron chi connectivity index (χ0n) is 14.4. The number of nitrogens with zero attached hydrogens (tertiary/aromatic N) is 3. The molecule has 1 saturated heterocycles. The highest BCUT2D eigenvalue weighted by Crippen LogP contribution is 2.26. The average Bonchev–Trinajstić information content (AvgIpc) is 3.19. The van der Waals surface area contributed by atoms with Crippen LogP contribution < -0.4 is 10.1 Å². The average molecular weight is 384 g/mol. The first-order valence-corrected chi connectivity index (χ1v) is 8.48. The van der Waals surface area contributed by atoms with Gasteiger partial charge >= 0.3 is 12.2 Å². The fourth-order valence-corrected chi connectivity index (χ4v) is 2.90. The van der Waals surface area contributed by atoms with E-state index in [9.17, 15) is 18.0 Å². The molecule has 0 aromatic carbocycles. The van der Waals surface area contributed by atoms with E-state index in [1.807, 2.05) is 6.07 Å². The molecular formula is C17H19F3N4O3. The van der Waals surface area contributed by atoms with Crippen molar-refractivity contribution in [3.05, 3.63) is 41.9 Å². The van der Waals surface area contributed by atoms with E-state index in [0.717, 1.165) is 18.5 Å². The number of carbonyl (C=O) groups excluding carboxylic acids is 1. The Balaban J connectivity index is 1.45. The molecular weight excluding hydrogens is 365 g/mol. The first kappa shape index (κ1) is 19.0. The van der Waals surface area contributed by atoms with Crippen molar-refractivity contribution in [3.63, 3.8) is 0 Å². The molecule has 1 N–H and O–H groups in total. The van der Waals surface area contributed by atoms with Crippen molar-refractivity contribution in [2.45, 2.75) is 31.5 Å². The molecule has 0 saturated carbocycles. The second kappa shape index (κ2) is 8.28. The zero-order chi connectivity index (χ0) is 19.3. The molecule has 146 valence electrons. The van der Waals surface area contributed by atoms with Gasteiger partial charge in [-0.3, -0.25) is 0 Å². The lowest BCUT2D eigenvalue weighted by molar-refractivity contribution is -0.154. The minimum Gasteiger partial charge on any atom is -0.468 e. The Kier molecular flexibility index (Phi) is 5.82. The number of carbonyl (C=O) groups is 1. The van der Waals surface area contributed by atoms with Gasteiger partial charge < -0.3 is 19.5 Å². The molecule has 0 aliphatic carbocycles. The van der Waals surface area contributed by atoms with Crippen molar-refractivity contribution in [2.75, 3.05) is 19.7 Å². The third kappa shape index (κ3) is 5.60. The van der Waals surface area contributed by atoms with Crippen LogP contribution in [0.4, 0.5) is 18.0 Å². The van der Waals surface area contributed by atoms with Crippen LogP contribution in [-0.2, 0) is 6.54 Å². The number of rotatable bonds is 5. The molecule has 7 nitrogen and oxygen atoms in total. The van der Waals surface area contributed by atoms with E-state index in [4.69, 9.17) is 4.52 Å². The second-order valence-electron chi connectivity index (χ2n) is 6.25. The van der Waals surface area contributed by atoms with Gasteiger partial charge in [-0.15, -0.1) is 0 Å². The van der Waals surface area contributed by atoms with Crippen molar-refractivity contribution in [1.82, 2.24) is 20.4 Å². The lowest BCUT2D eigenvalue weighted by Gasteiger charge is -2.31. The van der Waals surface area contributed by atoms with Crippen LogP contribution in [0.3, 0.4) is 0 Å². The van der Waals surface area contributed by atoms with Crippen molar-refractivity contribution < 1.29 is 27.2 Å². The minimum absolute atomic E-state index is 0.132. The van der Waals surface area contributed by atoms with E-state index < -0.39 is 12.8 Å². The maximum Gasteiger partial charge on any atom is 0.422 e. The highest BCUT2D eigenvalue weighted by atomic mass is 19.4. The van der Waals surface area contributed by atoms with Crippen LogP contribution in [0.15, 0.2) is 35.2 Å². The molecule has 3 heterocycles. The molecule has 3 rings (SSSR count). The van der Waals surface area contributed by atoms with Gasteiger partial charge in [0.25, 0.3) is 0 Å². The number of amides is 2. The number of hydrogen-bond donors (Lipinski definition) is 1. The third-order valence-corrected chi connectivity index (χ3v) is 4.28. The summed E-state index contributed by atoms with van der Waals surface area (Å²) >= 11 is 0. The standard InChI is InChI=1S/C17H19F3N4O3/c18-17(19,20)11-26-15-9-12(1-5-21-15)10-22-16(25)24-6-2-13(3-7-24)14-4-8-27-23-14/h1,4-5,8-9,13H,2-3,6-7,10-11H2,(H,22,25). The van der Waals surface area contributed by atoms with E-state index in [-0.39, 0.29) is 24.4 Å². The fraction of sp³-hybridized carbons (Fsp3) is 0.471. The Morgan fingerprint density at radius 1 is 1.33 bits per heavy atom. The minimum atomic E-state index is -4.43. The molecule has 1 fully saturated rings. The molecule has 1 aliphatic rings. The second-order valence-corrected chi connectivity index (χ2v) is 6.25. The molecule has 0 spiro atoms. The Hall–Kier alpha value is -2.78. The molecule has 0 unspecified atom stereocenters. The molecule has 0 radical (unpaired) electrons. The van der Waals surface area contributed by atoms with Gasteiger partial charge in [-0.05, 0) is 24.5 Å². The Morgan fingerprint density at radius 2 is 2.11 bits per heavy atom. The predicted octanol–water partition coefficient (Wildman–Crippen LogP) is 3.10. The van der Waals surface area contributed by atoms with E-state index in [1.54, 1.807) is 11.0 Å². The summed E-state index contributed by atoms with van der Waals surface area (Å²) in [6, 6.07) is 4.60. The zero-order valence-corrected chi connectivity index (χ0v) is 14.4. The largest absolute Gasteiger partial charge is 0.468 e. The lowest BCUT2D eigenvalue weighted by atomic mass is 9.94. The fourth-order valence-electron chi connectivity index (χ4n) is 2.90. The van der Waals surface area contributed by atoms with Gasteiger partial charge in [0, 0.05) is 43.9 Å². The Morgan fingerprint density at radius 3 is 2.78 bits per heavy atom. The number of likely N-dealkylation sites (tertiary alicyclic amines) is 1. The van der Waals surface area contributed by atoms with Crippen LogP contribution in [0.5, 0.6) is 5.88 Å². The van der Waals surface area contributed by atoms with Crippen molar-refractivity contribution in [2.24, 2.45) is 0 Å². The van der Waals surface area contributed by atoms with E-state index in [2.05, 4.69) is 20.2 Å². The molecule has 2 aromatic heterocycles. The molecule has 10 heteroatoms. The number of pyridine rings is 1. The van der Waals surface area contributed by atoms with Gasteiger partial charge in [-0.1, -0.05) is 5.16 Å². The van der Waals surface area contributed by atoms with E-state index in [0.29, 0.717) is 18.7 Å². The Bertz CT molecular complexity index is 744. The van der Waals surface area contributed by atoms with Gasteiger partial charge in [0.05, 0.1) is 5.69 Å². The SMILES string of the molecule is O=C(NCc1ccnc(OCC(F)(F)F)c1)N1CCC(c2ccon2)CC1. The number of aromatic nitrogens is 2. The summed E-state index contributed by atoms with van der Waals surface area (Å²) in [6.07, 6.45) is 0.0473. The van der Waals surface area contributed by atoms with Gasteiger partial charge in [-0.25, -0.2) is 9.78 Å². The van der Waals surface area contributed by atoms with Crippen molar-refractivity contribution in [3.8, 4) is 5.88 Å². The first-order chi connectivity index (χ1) is 12.9. The maximum atomic E-state index is 12.3. The molecule has 2 amide bonds. The van der Waals surface area contributed by atoms with Gasteiger partial charge in [0.2, 0.25) is 5.88 Å². The van der Waals surface area contributed by atoms with Gasteiger partial charge in [-0.2, -0.15) is 13.2 Å². The van der Waals surface area contributed by atoms with Gasteiger partial charge in [0.15, 0.2) is 6.61 Å². The van der Waals surface area contributed by atoms with Crippen LogP contribution >= 0.6 is 0 Å². The summed E-state index contributed by atoms with van der Waals surface area (Å²) in [7, 11) is 0. The third-order valence-electron chi connectivity index (χ3n) is 4.28. The summed E-state index contributed by atoms with van der Waals surface area (Å²) < 4.78 is 46.0. The Labute approximate surface area is 153 Å². The monoisotopic (exact) mass is 384 g/mol. The first-order valence-electron chi connectivity index (χ1n) is 8.48. The maximum absolute atomic E-state index is 12.3. The molecule has 27 heavy (non-hydrogen) atoms. The number of piperidine rings is 1. The molecule has 0 bridgehead atoms. The van der Waals surface area contributed by atoms with Crippen molar-refractivity contribution in [1.29, 1.82) is 0 Å². The van der Waals surface area contributed by atoms with Crippen LogP contribution in [0.1, 0.15) is 30.0 Å². The topological polar surface area (TPSA) is 80.5 Å². The van der Waals surface area contributed by atoms with Crippen LogP contribution in [0, 0.1) is 0 Å². The number of nitrogens with one attached hydrogen (secondary N) is 1.